The molecule has 2 heterocycles. The second-order valence-electron chi connectivity index (χ2n) is 4.97. The van der Waals surface area contributed by atoms with Crippen LogP contribution in [0.2, 0.25) is 0 Å². The lowest BCUT2D eigenvalue weighted by molar-refractivity contribution is -0.384. The van der Waals surface area contributed by atoms with E-state index in [9.17, 15) is 24.8 Å². The van der Waals surface area contributed by atoms with Gasteiger partial charge in [-0.1, -0.05) is 0 Å². The number of carbonyl (C=O) groups excluding carboxylic acids is 1. The fourth-order valence-corrected chi connectivity index (χ4v) is 2.31. The number of carbonyl (C=O) groups is 1. The molecule has 0 aliphatic carbocycles. The molecule has 1 aromatic carbocycles. The van der Waals surface area contributed by atoms with Gasteiger partial charge in [-0.15, -0.1) is 0 Å². The highest BCUT2D eigenvalue weighted by atomic mass is 16.6. The number of phenols is 1. The third-order valence-electron chi connectivity index (χ3n) is 3.35. The van der Waals surface area contributed by atoms with Gasteiger partial charge in [0.1, 0.15) is 17.1 Å². The first-order valence-corrected chi connectivity index (χ1v) is 6.52. The molecule has 1 aliphatic heterocycles. The topological polar surface area (TPSA) is 123 Å². The van der Waals surface area contributed by atoms with E-state index in [4.69, 9.17) is 4.74 Å². The van der Waals surface area contributed by atoms with Crippen molar-refractivity contribution in [1.82, 2.24) is 4.98 Å². The Morgan fingerprint density at radius 1 is 1.30 bits per heavy atom. The summed E-state index contributed by atoms with van der Waals surface area (Å²) in [5, 5.41) is 20.6. The van der Waals surface area contributed by atoms with Gasteiger partial charge in [-0.05, 0) is 25.1 Å². The van der Waals surface area contributed by atoms with Gasteiger partial charge < -0.3 is 14.8 Å². The maximum Gasteiger partial charge on any atom is 0.349 e. The molecule has 8 nitrogen and oxygen atoms in total. The zero-order chi connectivity index (χ0) is 16.7. The van der Waals surface area contributed by atoms with Crippen molar-refractivity contribution in [2.75, 3.05) is 0 Å². The van der Waals surface area contributed by atoms with Gasteiger partial charge in [0, 0.05) is 29.0 Å². The number of aromatic nitrogens is 1. The molecular weight excluding hydrogens is 304 g/mol. The van der Waals surface area contributed by atoms with Crippen LogP contribution in [-0.4, -0.2) is 21.0 Å². The van der Waals surface area contributed by atoms with E-state index in [1.54, 1.807) is 13.0 Å². The zero-order valence-electron chi connectivity index (χ0n) is 11.8. The number of hydrogen-bond acceptors (Lipinski definition) is 6. The summed E-state index contributed by atoms with van der Waals surface area (Å²) in [4.78, 5) is 36.3. The third-order valence-corrected chi connectivity index (χ3v) is 3.35. The van der Waals surface area contributed by atoms with Crippen molar-refractivity contribution < 1.29 is 19.6 Å². The molecule has 116 valence electrons. The van der Waals surface area contributed by atoms with Crippen molar-refractivity contribution in [3.8, 4) is 5.75 Å². The first-order valence-electron chi connectivity index (χ1n) is 6.52. The lowest BCUT2D eigenvalue weighted by Crippen LogP contribution is -2.16. The molecule has 0 saturated carbocycles. The molecule has 0 spiro atoms. The molecule has 0 amide bonds. The molecule has 2 aromatic rings. The number of ether oxygens (including phenoxy) is 1. The van der Waals surface area contributed by atoms with Crippen LogP contribution in [0, 0.1) is 17.0 Å². The smallest absolute Gasteiger partial charge is 0.349 e. The molecule has 1 aromatic heterocycles. The van der Waals surface area contributed by atoms with Gasteiger partial charge in [0.2, 0.25) is 0 Å². The second-order valence-corrected chi connectivity index (χ2v) is 4.97. The largest absolute Gasteiger partial charge is 0.507 e. The molecule has 0 unspecified atom stereocenters. The van der Waals surface area contributed by atoms with Gasteiger partial charge in [0.25, 0.3) is 11.2 Å². The molecular formula is C15H10N2O6. The van der Waals surface area contributed by atoms with E-state index in [1.165, 1.54) is 12.1 Å². The number of fused-ring (bicyclic) bond motifs is 1. The molecule has 8 heteroatoms. The minimum Gasteiger partial charge on any atom is -0.507 e. The SMILES string of the molecule is Cc1cc2c(c(=O)[nH]1)C(=O)OC2=Cc1cc([N+](=O)[O-])ccc1O. The Bertz CT molecular complexity index is 941. The van der Waals surface area contributed by atoms with Crippen LogP contribution in [0.15, 0.2) is 29.1 Å². The van der Waals surface area contributed by atoms with Crippen LogP contribution in [0.1, 0.15) is 27.2 Å². The quantitative estimate of drug-likeness (QED) is 0.496. The number of rotatable bonds is 2. The van der Waals surface area contributed by atoms with E-state index < -0.39 is 16.5 Å². The maximum absolute atomic E-state index is 11.8. The lowest BCUT2D eigenvalue weighted by atomic mass is 10.1. The van der Waals surface area contributed by atoms with Gasteiger partial charge >= 0.3 is 5.97 Å². The summed E-state index contributed by atoms with van der Waals surface area (Å²) in [7, 11) is 0. The number of nitrogens with zero attached hydrogens (tertiary/aromatic N) is 1. The fourth-order valence-electron chi connectivity index (χ4n) is 2.31. The Labute approximate surface area is 128 Å². The van der Waals surface area contributed by atoms with Gasteiger partial charge in [-0.25, -0.2) is 4.79 Å². The average molecular weight is 314 g/mol. The lowest BCUT2D eigenvalue weighted by Gasteiger charge is -2.02. The number of aryl methyl sites for hydroxylation is 1. The standard InChI is InChI=1S/C15H10N2O6/c1-7-4-10-12(23-15(20)13(10)14(19)16-7)6-8-5-9(17(21)22)2-3-11(8)18/h2-6,18H,1H3,(H,16,19). The van der Waals surface area contributed by atoms with Crippen LogP contribution in [0.3, 0.4) is 0 Å². The number of nitro benzene ring substituents is 1. The maximum atomic E-state index is 11.8. The first kappa shape index (κ1) is 14.5. The average Bonchev–Trinajstić information content (AvgIpc) is 2.77. The summed E-state index contributed by atoms with van der Waals surface area (Å²) in [6.45, 7) is 1.65. The van der Waals surface area contributed by atoms with Crippen LogP contribution in [0.25, 0.3) is 11.8 Å². The number of hydrogen-bond donors (Lipinski definition) is 2. The van der Waals surface area contributed by atoms with Crippen LogP contribution in [-0.2, 0) is 4.74 Å². The predicted octanol–water partition coefficient (Wildman–Crippen LogP) is 1.97. The number of benzene rings is 1. The normalized spacial score (nSPS) is 14.7. The van der Waals surface area contributed by atoms with Crippen molar-refractivity contribution in [2.45, 2.75) is 6.92 Å². The number of esters is 1. The summed E-state index contributed by atoms with van der Waals surface area (Å²) < 4.78 is 5.05. The van der Waals surface area contributed by atoms with E-state index in [2.05, 4.69) is 4.98 Å². The van der Waals surface area contributed by atoms with E-state index >= 15 is 0 Å². The highest BCUT2D eigenvalue weighted by molar-refractivity contribution is 6.05. The number of pyridine rings is 1. The van der Waals surface area contributed by atoms with E-state index in [0.717, 1.165) is 12.1 Å². The Hall–Kier alpha value is -3.42. The van der Waals surface area contributed by atoms with Crippen LogP contribution < -0.4 is 5.56 Å². The van der Waals surface area contributed by atoms with E-state index in [1.807, 2.05) is 0 Å². The van der Waals surface area contributed by atoms with Gasteiger partial charge in [0.15, 0.2) is 0 Å². The summed E-state index contributed by atoms with van der Waals surface area (Å²) in [5.74, 6) is -0.971. The molecule has 0 fully saturated rings. The van der Waals surface area contributed by atoms with Crippen LogP contribution >= 0.6 is 0 Å². The van der Waals surface area contributed by atoms with Crippen LogP contribution in [0.5, 0.6) is 5.75 Å². The molecule has 2 N–H and O–H groups in total. The van der Waals surface area contributed by atoms with Crippen LogP contribution in [0.4, 0.5) is 5.69 Å². The molecule has 3 rings (SSSR count). The minimum absolute atomic E-state index is 0.0509. The number of H-pyrrole nitrogens is 1. The number of phenolic OH excluding ortho intramolecular Hbond substituents is 1. The molecule has 23 heavy (non-hydrogen) atoms. The van der Waals surface area contributed by atoms with Gasteiger partial charge in [-0.2, -0.15) is 0 Å². The summed E-state index contributed by atoms with van der Waals surface area (Å²) in [6.07, 6.45) is 1.28. The van der Waals surface area contributed by atoms with Crippen molar-refractivity contribution in [3.63, 3.8) is 0 Å². The Balaban J connectivity index is 2.17. The summed E-state index contributed by atoms with van der Waals surface area (Å²) >= 11 is 0. The number of aromatic amines is 1. The van der Waals surface area contributed by atoms with Crippen molar-refractivity contribution >= 4 is 23.5 Å². The summed E-state index contributed by atoms with van der Waals surface area (Å²) in [5.41, 5.74) is -0.0131. The molecule has 0 saturated heterocycles. The number of nitrogens with one attached hydrogen (secondary N) is 1. The van der Waals surface area contributed by atoms with Crippen molar-refractivity contribution in [2.24, 2.45) is 0 Å². The number of nitro groups is 1. The molecule has 0 atom stereocenters. The number of aromatic hydroxyl groups is 1. The minimum atomic E-state index is -0.808. The highest BCUT2D eigenvalue weighted by Crippen LogP contribution is 2.32. The van der Waals surface area contributed by atoms with E-state index in [-0.39, 0.29) is 33.9 Å². The van der Waals surface area contributed by atoms with Crippen molar-refractivity contribution in [3.05, 3.63) is 67.1 Å². The Kier molecular flexibility index (Phi) is 3.21. The highest BCUT2D eigenvalue weighted by Gasteiger charge is 2.30. The molecule has 0 radical (unpaired) electrons. The van der Waals surface area contributed by atoms with Gasteiger partial charge in [0.05, 0.1) is 4.92 Å². The zero-order valence-corrected chi connectivity index (χ0v) is 11.8. The fraction of sp³-hybridized carbons (Fsp3) is 0.0667. The number of cyclic esters (lactones) is 1. The first-order chi connectivity index (χ1) is 10.9. The third kappa shape index (κ3) is 2.46. The van der Waals surface area contributed by atoms with Crippen molar-refractivity contribution in [1.29, 1.82) is 0 Å². The second kappa shape index (κ2) is 5.09. The molecule has 0 bridgehead atoms. The van der Waals surface area contributed by atoms with E-state index in [0.29, 0.717) is 5.69 Å². The monoisotopic (exact) mass is 314 g/mol. The van der Waals surface area contributed by atoms with Gasteiger partial charge in [-0.3, -0.25) is 14.9 Å². The summed E-state index contributed by atoms with van der Waals surface area (Å²) in [6, 6.07) is 5.03. The Morgan fingerprint density at radius 2 is 2.04 bits per heavy atom. The Morgan fingerprint density at radius 3 is 2.74 bits per heavy atom. The molecule has 1 aliphatic rings. The number of non-ortho nitro benzene ring substituents is 1. The predicted molar refractivity (Wildman–Crippen MR) is 79.8 cm³/mol.